The first kappa shape index (κ1) is 15.1. The van der Waals surface area contributed by atoms with Crippen molar-refractivity contribution in [3.8, 4) is 0 Å². The third-order valence-electron chi connectivity index (χ3n) is 2.82. The monoisotopic (exact) mass is 301 g/mol. The Hall–Kier alpha value is -2.26. The molecule has 4 heteroatoms. The van der Waals surface area contributed by atoms with Gasteiger partial charge in [-0.05, 0) is 23.3 Å². The van der Waals surface area contributed by atoms with Crippen molar-refractivity contribution in [2.45, 2.75) is 13.0 Å². The van der Waals surface area contributed by atoms with E-state index in [0.717, 1.165) is 11.1 Å². The summed E-state index contributed by atoms with van der Waals surface area (Å²) < 4.78 is 5.14. The van der Waals surface area contributed by atoms with E-state index >= 15 is 0 Å². The number of halogens is 1. The van der Waals surface area contributed by atoms with Gasteiger partial charge in [0.05, 0.1) is 0 Å². The number of carbonyl (C=O) groups is 1. The van der Waals surface area contributed by atoms with Crippen molar-refractivity contribution in [2.24, 2.45) is 5.73 Å². The van der Waals surface area contributed by atoms with Gasteiger partial charge in [0, 0.05) is 23.2 Å². The van der Waals surface area contributed by atoms with Crippen LogP contribution in [0.4, 0.5) is 0 Å². The zero-order valence-corrected chi connectivity index (χ0v) is 12.2. The van der Waals surface area contributed by atoms with Crippen LogP contribution in [0.15, 0.2) is 66.4 Å². The third-order valence-corrected chi connectivity index (χ3v) is 3.06. The Morgan fingerprint density at radius 1 is 1.10 bits per heavy atom. The highest BCUT2D eigenvalue weighted by Gasteiger charge is 2.03. The number of hydrogen-bond acceptors (Lipinski definition) is 3. The molecule has 2 N–H and O–H groups in total. The molecule has 0 heterocycles. The van der Waals surface area contributed by atoms with E-state index in [-0.39, 0.29) is 6.61 Å². The van der Waals surface area contributed by atoms with Gasteiger partial charge in [-0.2, -0.15) is 0 Å². The van der Waals surface area contributed by atoms with Gasteiger partial charge in [0.25, 0.3) is 0 Å². The first-order valence-electron chi connectivity index (χ1n) is 6.54. The number of allylic oxidation sites excluding steroid dienone is 1. The molecular weight excluding hydrogens is 286 g/mol. The first-order chi connectivity index (χ1) is 10.1. The Labute approximate surface area is 129 Å². The Morgan fingerprint density at radius 2 is 1.81 bits per heavy atom. The van der Waals surface area contributed by atoms with E-state index in [1.54, 1.807) is 6.07 Å². The van der Waals surface area contributed by atoms with Gasteiger partial charge in [-0.3, -0.25) is 0 Å². The molecule has 0 saturated carbocycles. The topological polar surface area (TPSA) is 52.3 Å². The molecule has 0 aliphatic carbocycles. The summed E-state index contributed by atoms with van der Waals surface area (Å²) in [7, 11) is 0. The lowest BCUT2D eigenvalue weighted by Crippen LogP contribution is -2.08. The van der Waals surface area contributed by atoms with E-state index in [4.69, 9.17) is 22.1 Å². The Balaban J connectivity index is 1.88. The molecule has 0 unspecified atom stereocenters. The van der Waals surface area contributed by atoms with Crippen LogP contribution in [0.2, 0.25) is 5.02 Å². The number of esters is 1. The minimum atomic E-state index is -0.446. The molecule has 0 radical (unpaired) electrons. The van der Waals surface area contributed by atoms with Crippen molar-refractivity contribution in [3.63, 3.8) is 0 Å². The highest BCUT2D eigenvalue weighted by Crippen LogP contribution is 2.12. The molecule has 2 aromatic rings. The third kappa shape index (κ3) is 5.32. The highest BCUT2D eigenvalue weighted by molar-refractivity contribution is 6.30. The van der Waals surface area contributed by atoms with E-state index in [9.17, 15) is 4.79 Å². The molecule has 0 aliphatic heterocycles. The quantitative estimate of drug-likeness (QED) is 0.679. The van der Waals surface area contributed by atoms with Crippen molar-refractivity contribution in [2.75, 3.05) is 0 Å². The SMILES string of the molecule is N/C(=C\C(=O)OCc1ccccc1)Cc1cccc(Cl)c1. The molecule has 0 aromatic heterocycles. The lowest BCUT2D eigenvalue weighted by atomic mass is 10.1. The molecule has 2 rings (SSSR count). The predicted molar refractivity (Wildman–Crippen MR) is 83.7 cm³/mol. The van der Waals surface area contributed by atoms with Gasteiger partial charge in [-0.1, -0.05) is 54.1 Å². The number of carbonyl (C=O) groups excluding carboxylic acids is 1. The van der Waals surface area contributed by atoms with Crippen molar-refractivity contribution < 1.29 is 9.53 Å². The number of rotatable bonds is 5. The molecule has 0 amide bonds. The average molecular weight is 302 g/mol. The summed E-state index contributed by atoms with van der Waals surface area (Å²) >= 11 is 5.90. The smallest absolute Gasteiger partial charge is 0.332 e. The molecule has 108 valence electrons. The molecule has 0 saturated heterocycles. The fourth-order valence-corrected chi connectivity index (χ4v) is 2.07. The van der Waals surface area contributed by atoms with Crippen LogP contribution in [0.25, 0.3) is 0 Å². The van der Waals surface area contributed by atoms with Gasteiger partial charge in [0.2, 0.25) is 0 Å². The van der Waals surface area contributed by atoms with E-state index in [1.165, 1.54) is 6.08 Å². The zero-order chi connectivity index (χ0) is 15.1. The maximum Gasteiger partial charge on any atom is 0.332 e. The zero-order valence-electron chi connectivity index (χ0n) is 11.5. The van der Waals surface area contributed by atoms with E-state index in [1.807, 2.05) is 48.5 Å². The van der Waals surface area contributed by atoms with Gasteiger partial charge in [-0.25, -0.2) is 4.79 Å². The van der Waals surface area contributed by atoms with Crippen LogP contribution in [-0.2, 0) is 22.6 Å². The van der Waals surface area contributed by atoms with Gasteiger partial charge < -0.3 is 10.5 Å². The maximum absolute atomic E-state index is 11.7. The standard InChI is InChI=1S/C17H16ClNO2/c18-15-8-4-7-14(9-15)10-16(19)11-17(20)21-12-13-5-2-1-3-6-13/h1-9,11H,10,12,19H2/b16-11-. The van der Waals surface area contributed by atoms with E-state index in [2.05, 4.69) is 0 Å². The van der Waals surface area contributed by atoms with Crippen LogP contribution in [0.3, 0.4) is 0 Å². The summed E-state index contributed by atoms with van der Waals surface area (Å²) in [5.41, 5.74) is 8.17. The fourth-order valence-electron chi connectivity index (χ4n) is 1.86. The molecule has 0 spiro atoms. The lowest BCUT2D eigenvalue weighted by molar-refractivity contribution is -0.139. The van der Waals surface area contributed by atoms with E-state index < -0.39 is 5.97 Å². The predicted octanol–water partition coefficient (Wildman–Crippen LogP) is 3.47. The van der Waals surface area contributed by atoms with Gasteiger partial charge in [0.1, 0.15) is 6.61 Å². The van der Waals surface area contributed by atoms with Crippen LogP contribution in [-0.4, -0.2) is 5.97 Å². The van der Waals surface area contributed by atoms with Crippen LogP contribution in [0.1, 0.15) is 11.1 Å². The molecule has 3 nitrogen and oxygen atoms in total. The molecule has 0 atom stereocenters. The summed E-state index contributed by atoms with van der Waals surface area (Å²) in [6.45, 7) is 0.237. The second-order valence-electron chi connectivity index (χ2n) is 4.62. The first-order valence-corrected chi connectivity index (χ1v) is 6.92. The number of benzene rings is 2. The summed E-state index contributed by atoms with van der Waals surface area (Å²) in [6, 6.07) is 16.9. The summed E-state index contributed by atoms with van der Waals surface area (Å²) in [5, 5.41) is 0.645. The Kier molecular flexibility index (Phi) is 5.41. The van der Waals surface area contributed by atoms with Crippen LogP contribution >= 0.6 is 11.6 Å². The van der Waals surface area contributed by atoms with Crippen molar-refractivity contribution in [1.29, 1.82) is 0 Å². The second kappa shape index (κ2) is 7.50. The van der Waals surface area contributed by atoms with Gasteiger partial charge in [-0.15, -0.1) is 0 Å². The van der Waals surface area contributed by atoms with Crippen LogP contribution in [0, 0.1) is 0 Å². The lowest BCUT2D eigenvalue weighted by Gasteiger charge is -2.04. The van der Waals surface area contributed by atoms with E-state index in [0.29, 0.717) is 17.1 Å². The van der Waals surface area contributed by atoms with Crippen LogP contribution < -0.4 is 5.73 Å². The minimum Gasteiger partial charge on any atom is -0.458 e. The second-order valence-corrected chi connectivity index (χ2v) is 5.06. The maximum atomic E-state index is 11.7. The number of ether oxygens (including phenoxy) is 1. The van der Waals surface area contributed by atoms with Crippen LogP contribution in [0.5, 0.6) is 0 Å². The summed E-state index contributed by atoms with van der Waals surface area (Å²) in [6.07, 6.45) is 1.77. The minimum absolute atomic E-state index is 0.237. The Morgan fingerprint density at radius 3 is 2.52 bits per heavy atom. The summed E-state index contributed by atoms with van der Waals surface area (Å²) in [5.74, 6) is -0.446. The van der Waals surface area contributed by atoms with Gasteiger partial charge >= 0.3 is 5.97 Å². The number of nitrogens with two attached hydrogens (primary N) is 1. The highest BCUT2D eigenvalue weighted by atomic mass is 35.5. The molecule has 21 heavy (non-hydrogen) atoms. The molecule has 0 bridgehead atoms. The van der Waals surface area contributed by atoms with Crippen molar-refractivity contribution >= 4 is 17.6 Å². The molecule has 2 aromatic carbocycles. The number of hydrogen-bond donors (Lipinski definition) is 1. The molecule has 0 fully saturated rings. The average Bonchev–Trinajstić information content (AvgIpc) is 2.46. The summed E-state index contributed by atoms with van der Waals surface area (Å²) in [4.78, 5) is 11.7. The molecular formula is C17H16ClNO2. The van der Waals surface area contributed by atoms with Crippen molar-refractivity contribution in [3.05, 3.63) is 82.5 Å². The largest absolute Gasteiger partial charge is 0.458 e. The fraction of sp³-hybridized carbons (Fsp3) is 0.118. The normalized spacial score (nSPS) is 11.2. The Bertz CT molecular complexity index is 638. The molecule has 0 aliphatic rings. The van der Waals surface area contributed by atoms with Crippen molar-refractivity contribution in [1.82, 2.24) is 0 Å². The van der Waals surface area contributed by atoms with Gasteiger partial charge in [0.15, 0.2) is 0 Å².